The Morgan fingerprint density at radius 1 is 1.56 bits per heavy atom. The first-order valence-electron chi connectivity index (χ1n) is 2.84. The second kappa shape index (κ2) is 4.57. The van der Waals surface area contributed by atoms with Gasteiger partial charge in [0.1, 0.15) is 0 Å². The lowest BCUT2D eigenvalue weighted by Gasteiger charge is -1.91. The zero-order valence-corrected chi connectivity index (χ0v) is 7.40. The molecule has 0 fully saturated rings. The van der Waals surface area contributed by atoms with E-state index in [0.717, 1.165) is 4.48 Å². The molecular weight excluding hydrogens is 176 g/mol. The van der Waals surface area contributed by atoms with Crippen molar-refractivity contribution in [1.82, 2.24) is 0 Å². The monoisotopic (exact) mass is 186 g/mol. The summed E-state index contributed by atoms with van der Waals surface area (Å²) in [5.41, 5.74) is 1.20. The molecule has 0 aromatic heterocycles. The molecule has 0 saturated carbocycles. The topological polar surface area (TPSA) is 0 Å². The van der Waals surface area contributed by atoms with Gasteiger partial charge < -0.3 is 0 Å². The molecule has 0 radical (unpaired) electrons. The molecule has 0 heterocycles. The van der Waals surface area contributed by atoms with E-state index in [9.17, 15) is 0 Å². The van der Waals surface area contributed by atoms with Gasteiger partial charge in [0.25, 0.3) is 0 Å². The van der Waals surface area contributed by atoms with Gasteiger partial charge in [-0.15, -0.1) is 0 Å². The first kappa shape index (κ1) is 8.70. The van der Waals surface area contributed by atoms with Crippen molar-refractivity contribution >= 4 is 15.9 Å². The Balaban J connectivity index is 4.27. The van der Waals surface area contributed by atoms with Gasteiger partial charge in [-0.25, -0.2) is 0 Å². The molecule has 0 nitrogen and oxygen atoms in total. The first-order valence-corrected chi connectivity index (χ1v) is 3.63. The first-order chi connectivity index (χ1) is 4.22. The normalized spacial score (nSPS) is 13.7. The average molecular weight is 187 g/mol. The molecule has 50 valence electrons. The molecule has 0 aromatic rings. The Morgan fingerprint density at radius 3 is 2.44 bits per heavy atom. The number of rotatable bonds is 2. The van der Waals surface area contributed by atoms with Gasteiger partial charge >= 0.3 is 0 Å². The average Bonchev–Trinajstić information content (AvgIpc) is 1.87. The van der Waals surface area contributed by atoms with Gasteiger partial charge in [-0.1, -0.05) is 40.7 Å². The van der Waals surface area contributed by atoms with Crippen molar-refractivity contribution in [2.75, 3.05) is 0 Å². The molecule has 0 rings (SSSR count). The van der Waals surface area contributed by atoms with Crippen molar-refractivity contribution in [3.05, 3.63) is 34.9 Å². The van der Waals surface area contributed by atoms with Crippen LogP contribution in [0.1, 0.15) is 13.8 Å². The molecule has 0 aliphatic carbocycles. The third-order valence-electron chi connectivity index (χ3n) is 0.973. The summed E-state index contributed by atoms with van der Waals surface area (Å²) < 4.78 is 1.06. The van der Waals surface area contributed by atoms with Crippen LogP contribution in [0.3, 0.4) is 0 Å². The maximum atomic E-state index is 3.63. The number of hydrogen-bond donors (Lipinski definition) is 0. The van der Waals surface area contributed by atoms with Crippen LogP contribution in [0.2, 0.25) is 0 Å². The van der Waals surface area contributed by atoms with E-state index >= 15 is 0 Å². The lowest BCUT2D eigenvalue weighted by atomic mass is 10.2. The summed E-state index contributed by atoms with van der Waals surface area (Å²) in [5, 5.41) is 0. The highest BCUT2D eigenvalue weighted by molar-refractivity contribution is 9.11. The van der Waals surface area contributed by atoms with Crippen LogP contribution in [0, 0.1) is 0 Å². The second-order valence-corrected chi connectivity index (χ2v) is 2.59. The SMILES string of the molecule is C=C/C(Br)=C(C)\C=C/C. The molecule has 0 unspecified atom stereocenters. The van der Waals surface area contributed by atoms with Crippen molar-refractivity contribution in [2.24, 2.45) is 0 Å². The van der Waals surface area contributed by atoms with E-state index in [1.807, 2.05) is 26.0 Å². The van der Waals surface area contributed by atoms with Crippen LogP contribution in [0.15, 0.2) is 34.9 Å². The Morgan fingerprint density at radius 2 is 2.11 bits per heavy atom. The van der Waals surface area contributed by atoms with E-state index in [1.54, 1.807) is 6.08 Å². The Hall–Kier alpha value is -0.300. The fraction of sp³-hybridized carbons (Fsp3) is 0.250. The summed E-state index contributed by atoms with van der Waals surface area (Å²) in [6, 6.07) is 0. The molecule has 0 aliphatic rings. The van der Waals surface area contributed by atoms with Crippen LogP contribution in [-0.2, 0) is 0 Å². The van der Waals surface area contributed by atoms with E-state index in [4.69, 9.17) is 0 Å². The third-order valence-corrected chi connectivity index (χ3v) is 1.92. The van der Waals surface area contributed by atoms with Gasteiger partial charge in [0.15, 0.2) is 0 Å². The largest absolute Gasteiger partial charge is 0.0979 e. The summed E-state index contributed by atoms with van der Waals surface area (Å²) in [6.45, 7) is 7.65. The summed E-state index contributed by atoms with van der Waals surface area (Å²) in [6.07, 6.45) is 5.82. The quantitative estimate of drug-likeness (QED) is 0.581. The van der Waals surface area contributed by atoms with Crippen LogP contribution in [0.5, 0.6) is 0 Å². The zero-order valence-electron chi connectivity index (χ0n) is 5.82. The van der Waals surface area contributed by atoms with E-state index < -0.39 is 0 Å². The number of allylic oxidation sites excluding steroid dienone is 5. The maximum Gasteiger partial charge on any atom is 0.0198 e. The van der Waals surface area contributed by atoms with Gasteiger partial charge in [-0.3, -0.25) is 0 Å². The highest BCUT2D eigenvalue weighted by Crippen LogP contribution is 2.12. The van der Waals surface area contributed by atoms with E-state index in [2.05, 4.69) is 22.5 Å². The Kier molecular flexibility index (Phi) is 4.41. The van der Waals surface area contributed by atoms with Gasteiger partial charge in [-0.05, 0) is 19.4 Å². The van der Waals surface area contributed by atoms with Crippen LogP contribution in [0.25, 0.3) is 0 Å². The van der Waals surface area contributed by atoms with E-state index in [1.165, 1.54) is 5.57 Å². The lowest BCUT2D eigenvalue weighted by molar-refractivity contribution is 1.49. The maximum absolute atomic E-state index is 3.63. The van der Waals surface area contributed by atoms with Crippen molar-refractivity contribution in [1.29, 1.82) is 0 Å². The van der Waals surface area contributed by atoms with Crippen LogP contribution < -0.4 is 0 Å². The molecule has 0 spiro atoms. The van der Waals surface area contributed by atoms with Gasteiger partial charge in [-0.2, -0.15) is 0 Å². The second-order valence-electron chi connectivity index (χ2n) is 1.74. The fourth-order valence-electron chi connectivity index (χ4n) is 0.491. The smallest absolute Gasteiger partial charge is 0.0198 e. The molecule has 0 aromatic carbocycles. The Labute approximate surface area is 65.1 Å². The molecule has 0 bridgehead atoms. The minimum absolute atomic E-state index is 1.06. The van der Waals surface area contributed by atoms with Gasteiger partial charge in [0.05, 0.1) is 0 Å². The molecule has 9 heavy (non-hydrogen) atoms. The lowest BCUT2D eigenvalue weighted by Crippen LogP contribution is -1.69. The molecule has 0 atom stereocenters. The van der Waals surface area contributed by atoms with Gasteiger partial charge in [0.2, 0.25) is 0 Å². The highest BCUT2D eigenvalue weighted by Gasteiger charge is 1.85. The van der Waals surface area contributed by atoms with Crippen LogP contribution >= 0.6 is 15.9 Å². The molecule has 0 aliphatic heterocycles. The number of halogens is 1. The molecule has 0 amide bonds. The molecule has 0 saturated heterocycles. The number of hydrogen-bond acceptors (Lipinski definition) is 0. The van der Waals surface area contributed by atoms with Crippen molar-refractivity contribution in [3.63, 3.8) is 0 Å². The van der Waals surface area contributed by atoms with Crippen molar-refractivity contribution in [3.8, 4) is 0 Å². The summed E-state index contributed by atoms with van der Waals surface area (Å²) in [5.74, 6) is 0. The third kappa shape index (κ3) is 3.31. The summed E-state index contributed by atoms with van der Waals surface area (Å²) >= 11 is 3.35. The van der Waals surface area contributed by atoms with Gasteiger partial charge in [0, 0.05) is 4.48 Å². The predicted molar refractivity (Wildman–Crippen MR) is 46.6 cm³/mol. The molecule has 1 heteroatoms. The van der Waals surface area contributed by atoms with Crippen LogP contribution in [0.4, 0.5) is 0 Å². The Bertz CT molecular complexity index is 152. The minimum atomic E-state index is 1.06. The van der Waals surface area contributed by atoms with Crippen molar-refractivity contribution in [2.45, 2.75) is 13.8 Å². The molecular formula is C8H11Br. The predicted octanol–water partition coefficient (Wildman–Crippen LogP) is 3.42. The fourth-order valence-corrected chi connectivity index (χ4v) is 0.623. The summed E-state index contributed by atoms with van der Waals surface area (Å²) in [4.78, 5) is 0. The minimum Gasteiger partial charge on any atom is -0.0979 e. The standard InChI is InChI=1S/C8H11Br/c1-4-6-7(3)8(9)5-2/h4-6H,2H2,1,3H3/b6-4-,8-7+. The van der Waals surface area contributed by atoms with Crippen molar-refractivity contribution < 1.29 is 0 Å². The molecule has 0 N–H and O–H groups in total. The highest BCUT2D eigenvalue weighted by atomic mass is 79.9. The van der Waals surface area contributed by atoms with Crippen LogP contribution in [-0.4, -0.2) is 0 Å². The van der Waals surface area contributed by atoms with E-state index in [-0.39, 0.29) is 0 Å². The van der Waals surface area contributed by atoms with E-state index in [0.29, 0.717) is 0 Å². The summed E-state index contributed by atoms with van der Waals surface area (Å²) in [7, 11) is 0. The zero-order chi connectivity index (χ0) is 7.28.